The number of imidazole rings is 1. The van der Waals surface area contributed by atoms with E-state index in [9.17, 15) is 5.11 Å². The third-order valence-corrected chi connectivity index (χ3v) is 3.68. The lowest BCUT2D eigenvalue weighted by molar-refractivity contribution is 0.211. The maximum absolute atomic E-state index is 10.5. The first kappa shape index (κ1) is 15.1. The van der Waals surface area contributed by atoms with Crippen molar-refractivity contribution in [3.8, 4) is 22.8 Å². The first-order valence-electron chi connectivity index (χ1n) is 7.23. The van der Waals surface area contributed by atoms with Gasteiger partial charge >= 0.3 is 0 Å². The lowest BCUT2D eigenvalue weighted by Gasteiger charge is -2.09. The van der Waals surface area contributed by atoms with E-state index < -0.39 is 6.10 Å². The third kappa shape index (κ3) is 3.05. The highest BCUT2D eigenvalue weighted by atomic mass is 16.5. The highest BCUT2D eigenvalue weighted by molar-refractivity contribution is 5.66. The molecule has 23 heavy (non-hydrogen) atoms. The molecule has 0 aliphatic carbocycles. The summed E-state index contributed by atoms with van der Waals surface area (Å²) < 4.78 is 10.5. The van der Waals surface area contributed by atoms with Crippen molar-refractivity contribution in [2.45, 2.75) is 6.10 Å². The Morgan fingerprint density at radius 3 is 2.43 bits per heavy atom. The molecular weight excluding hydrogens is 292 g/mol. The summed E-state index contributed by atoms with van der Waals surface area (Å²) in [5, 5.41) is 10.5. The van der Waals surface area contributed by atoms with Gasteiger partial charge in [-0.1, -0.05) is 24.3 Å². The Hall–Kier alpha value is -2.79. The second kappa shape index (κ2) is 6.54. The lowest BCUT2D eigenvalue weighted by Crippen LogP contribution is -2.02. The first-order valence-corrected chi connectivity index (χ1v) is 7.23. The Morgan fingerprint density at radius 2 is 1.74 bits per heavy atom. The number of H-pyrrole nitrogens is 1. The van der Waals surface area contributed by atoms with Crippen LogP contribution in [0.5, 0.6) is 11.5 Å². The molecule has 0 bridgehead atoms. The van der Waals surface area contributed by atoms with E-state index in [1.54, 1.807) is 20.4 Å². The fourth-order valence-corrected chi connectivity index (χ4v) is 2.42. The standard InChI is InChI=1S/C18H18N2O3/c1-22-13-9-7-12(8-10-13)17(21)18-19-11-15(20-18)14-5-3-4-6-16(14)23-2/h3-11,17,21H,1-2H3,(H,19,20). The predicted octanol–water partition coefficient (Wildman–Crippen LogP) is 3.18. The van der Waals surface area contributed by atoms with Gasteiger partial charge in [-0.15, -0.1) is 0 Å². The Labute approximate surface area is 134 Å². The molecule has 5 nitrogen and oxygen atoms in total. The molecule has 0 spiro atoms. The van der Waals surface area contributed by atoms with Crippen LogP contribution in [0, 0.1) is 0 Å². The molecule has 2 N–H and O–H groups in total. The van der Waals surface area contributed by atoms with E-state index in [4.69, 9.17) is 9.47 Å². The fraction of sp³-hybridized carbons (Fsp3) is 0.167. The number of nitrogens with one attached hydrogen (secondary N) is 1. The predicted molar refractivity (Wildman–Crippen MR) is 87.6 cm³/mol. The van der Waals surface area contributed by atoms with Crippen molar-refractivity contribution in [1.82, 2.24) is 9.97 Å². The molecule has 3 aromatic rings. The van der Waals surface area contributed by atoms with Crippen LogP contribution in [-0.4, -0.2) is 29.3 Å². The number of ether oxygens (including phenoxy) is 2. The van der Waals surface area contributed by atoms with Crippen LogP contribution in [0.4, 0.5) is 0 Å². The minimum atomic E-state index is -0.829. The van der Waals surface area contributed by atoms with Crippen molar-refractivity contribution < 1.29 is 14.6 Å². The lowest BCUT2D eigenvalue weighted by atomic mass is 10.1. The van der Waals surface area contributed by atoms with Crippen molar-refractivity contribution >= 4 is 0 Å². The number of rotatable bonds is 5. The van der Waals surface area contributed by atoms with Gasteiger partial charge < -0.3 is 19.6 Å². The molecule has 1 heterocycles. The number of nitrogens with zero attached hydrogens (tertiary/aromatic N) is 1. The van der Waals surface area contributed by atoms with Crippen molar-refractivity contribution in [3.05, 3.63) is 66.1 Å². The van der Waals surface area contributed by atoms with E-state index in [2.05, 4.69) is 9.97 Å². The number of aliphatic hydroxyl groups is 1. The quantitative estimate of drug-likeness (QED) is 0.759. The van der Waals surface area contributed by atoms with Crippen LogP contribution in [0.25, 0.3) is 11.3 Å². The van der Waals surface area contributed by atoms with Crippen molar-refractivity contribution in [2.75, 3.05) is 14.2 Å². The number of para-hydroxylation sites is 1. The fourth-order valence-electron chi connectivity index (χ4n) is 2.42. The monoisotopic (exact) mass is 310 g/mol. The van der Waals surface area contributed by atoms with Gasteiger partial charge in [-0.25, -0.2) is 4.98 Å². The summed E-state index contributed by atoms with van der Waals surface area (Å²) >= 11 is 0. The van der Waals surface area contributed by atoms with Crippen molar-refractivity contribution in [1.29, 1.82) is 0 Å². The van der Waals surface area contributed by atoms with Gasteiger partial charge in [-0.3, -0.25) is 0 Å². The van der Waals surface area contributed by atoms with Gasteiger partial charge in [0.15, 0.2) is 0 Å². The molecule has 0 fully saturated rings. The van der Waals surface area contributed by atoms with Crippen LogP contribution in [0.15, 0.2) is 54.7 Å². The minimum Gasteiger partial charge on any atom is -0.497 e. The number of aromatic nitrogens is 2. The average molecular weight is 310 g/mol. The average Bonchev–Trinajstić information content (AvgIpc) is 3.11. The molecule has 5 heteroatoms. The third-order valence-electron chi connectivity index (χ3n) is 3.68. The highest BCUT2D eigenvalue weighted by Gasteiger charge is 2.16. The van der Waals surface area contributed by atoms with E-state index in [0.717, 1.165) is 28.3 Å². The van der Waals surface area contributed by atoms with Gasteiger partial charge in [-0.2, -0.15) is 0 Å². The molecular formula is C18H18N2O3. The van der Waals surface area contributed by atoms with Gasteiger partial charge in [0.2, 0.25) is 0 Å². The Balaban J connectivity index is 1.88. The second-order valence-corrected chi connectivity index (χ2v) is 5.06. The summed E-state index contributed by atoms with van der Waals surface area (Å²) in [7, 11) is 3.24. The van der Waals surface area contributed by atoms with Gasteiger partial charge in [0.1, 0.15) is 23.4 Å². The van der Waals surface area contributed by atoms with E-state index in [1.807, 2.05) is 48.5 Å². The number of aromatic amines is 1. The number of aliphatic hydroxyl groups excluding tert-OH is 1. The zero-order chi connectivity index (χ0) is 16.2. The largest absolute Gasteiger partial charge is 0.497 e. The molecule has 118 valence electrons. The molecule has 0 aliphatic heterocycles. The number of benzene rings is 2. The van der Waals surface area contributed by atoms with Crippen LogP contribution in [0.3, 0.4) is 0 Å². The van der Waals surface area contributed by atoms with Crippen molar-refractivity contribution in [2.24, 2.45) is 0 Å². The first-order chi connectivity index (χ1) is 11.2. The molecule has 0 aliphatic rings. The zero-order valence-electron chi connectivity index (χ0n) is 13.0. The summed E-state index contributed by atoms with van der Waals surface area (Å²) in [4.78, 5) is 7.45. The van der Waals surface area contributed by atoms with Crippen LogP contribution < -0.4 is 9.47 Å². The van der Waals surface area contributed by atoms with Gasteiger partial charge in [0.05, 0.1) is 26.1 Å². The number of methoxy groups -OCH3 is 2. The molecule has 1 unspecified atom stereocenters. The SMILES string of the molecule is COc1ccc(C(O)c2ncc(-c3ccccc3OC)[nH]2)cc1. The van der Waals surface area contributed by atoms with Gasteiger partial charge in [0, 0.05) is 5.56 Å². The Morgan fingerprint density at radius 1 is 1.00 bits per heavy atom. The van der Waals surface area contributed by atoms with E-state index >= 15 is 0 Å². The summed E-state index contributed by atoms with van der Waals surface area (Å²) in [6, 6.07) is 14.9. The van der Waals surface area contributed by atoms with Crippen LogP contribution in [0.1, 0.15) is 17.5 Å². The minimum absolute atomic E-state index is 0.482. The Bertz CT molecular complexity index is 781. The summed E-state index contributed by atoms with van der Waals surface area (Å²) in [6.45, 7) is 0. The smallest absolute Gasteiger partial charge is 0.140 e. The topological polar surface area (TPSA) is 67.4 Å². The van der Waals surface area contributed by atoms with Gasteiger partial charge in [-0.05, 0) is 29.8 Å². The molecule has 0 saturated heterocycles. The van der Waals surface area contributed by atoms with Gasteiger partial charge in [0.25, 0.3) is 0 Å². The zero-order valence-corrected chi connectivity index (χ0v) is 13.0. The molecule has 0 saturated carbocycles. The maximum Gasteiger partial charge on any atom is 0.140 e. The Kier molecular flexibility index (Phi) is 4.30. The summed E-state index contributed by atoms with van der Waals surface area (Å²) in [5.74, 6) is 1.98. The molecule has 1 atom stereocenters. The van der Waals surface area contributed by atoms with E-state index in [1.165, 1.54) is 0 Å². The van der Waals surface area contributed by atoms with Crippen LogP contribution in [0.2, 0.25) is 0 Å². The summed E-state index contributed by atoms with van der Waals surface area (Å²) in [5.41, 5.74) is 2.44. The van der Waals surface area contributed by atoms with Crippen molar-refractivity contribution in [3.63, 3.8) is 0 Å². The summed E-state index contributed by atoms with van der Waals surface area (Å²) in [6.07, 6.45) is 0.865. The molecule has 0 amide bonds. The van der Waals surface area contributed by atoms with Crippen LogP contribution >= 0.6 is 0 Å². The van der Waals surface area contributed by atoms with Crippen LogP contribution in [-0.2, 0) is 0 Å². The second-order valence-electron chi connectivity index (χ2n) is 5.06. The number of hydrogen-bond acceptors (Lipinski definition) is 4. The molecule has 0 radical (unpaired) electrons. The highest BCUT2D eigenvalue weighted by Crippen LogP contribution is 2.30. The van der Waals surface area contributed by atoms with E-state index in [0.29, 0.717) is 5.82 Å². The maximum atomic E-state index is 10.5. The normalized spacial score (nSPS) is 12.0. The molecule has 2 aromatic carbocycles. The molecule has 1 aromatic heterocycles. The molecule has 3 rings (SSSR count). The van der Waals surface area contributed by atoms with E-state index in [-0.39, 0.29) is 0 Å². The number of hydrogen-bond donors (Lipinski definition) is 2.